The lowest BCUT2D eigenvalue weighted by Crippen LogP contribution is -2.17. The Hall–Kier alpha value is -0.880. The van der Waals surface area contributed by atoms with Gasteiger partial charge >= 0.3 is 0 Å². The minimum atomic E-state index is -2.94. The molecule has 0 unspecified atom stereocenters. The van der Waals surface area contributed by atoms with Gasteiger partial charge in [-0.05, 0) is 45.8 Å². The monoisotopic (exact) mass is 287 g/mol. The second kappa shape index (κ2) is 7.05. The Morgan fingerprint density at radius 1 is 1.26 bits per heavy atom. The first-order chi connectivity index (χ1) is 8.91. The van der Waals surface area contributed by atoms with Crippen LogP contribution in [-0.4, -0.2) is 43.3 Å². The zero-order chi connectivity index (χ0) is 14.5. The first-order valence-electron chi connectivity index (χ1n) is 6.79. The van der Waals surface area contributed by atoms with E-state index in [0.717, 1.165) is 24.4 Å². The molecule has 1 aromatic rings. The van der Waals surface area contributed by atoms with Crippen molar-refractivity contribution in [2.45, 2.75) is 40.2 Å². The van der Waals surface area contributed by atoms with Gasteiger partial charge in [-0.1, -0.05) is 6.92 Å². The highest BCUT2D eigenvalue weighted by Crippen LogP contribution is 2.13. The zero-order valence-corrected chi connectivity index (χ0v) is 13.2. The SMILES string of the molecule is CCCS(=O)(=O)CCn1nc(C)c(CCNC)c1C. The van der Waals surface area contributed by atoms with E-state index >= 15 is 0 Å². The predicted octanol–water partition coefficient (Wildman–Crippen LogP) is 1.09. The van der Waals surface area contributed by atoms with Crippen LogP contribution in [0.3, 0.4) is 0 Å². The summed E-state index contributed by atoms with van der Waals surface area (Å²) >= 11 is 0. The molecule has 110 valence electrons. The number of likely N-dealkylation sites (N-methyl/N-ethyl adjacent to an activating group) is 1. The van der Waals surface area contributed by atoms with E-state index < -0.39 is 9.84 Å². The second-order valence-corrected chi connectivity index (χ2v) is 7.18. The standard InChI is InChI=1S/C13H25N3O2S/c1-5-9-19(17,18)10-8-16-12(3)13(6-7-14-4)11(2)15-16/h14H,5-10H2,1-4H3. The maximum absolute atomic E-state index is 11.7. The van der Waals surface area contributed by atoms with Crippen molar-refractivity contribution in [2.75, 3.05) is 25.1 Å². The van der Waals surface area contributed by atoms with Crippen LogP contribution in [0.5, 0.6) is 0 Å². The van der Waals surface area contributed by atoms with Crippen LogP contribution in [-0.2, 0) is 22.8 Å². The molecule has 0 saturated heterocycles. The van der Waals surface area contributed by atoms with Crippen molar-refractivity contribution in [3.63, 3.8) is 0 Å². The van der Waals surface area contributed by atoms with E-state index in [-0.39, 0.29) is 11.5 Å². The summed E-state index contributed by atoms with van der Waals surface area (Å²) in [7, 11) is -1.02. The minimum Gasteiger partial charge on any atom is -0.319 e. The molecule has 0 radical (unpaired) electrons. The van der Waals surface area contributed by atoms with Crippen molar-refractivity contribution in [1.29, 1.82) is 0 Å². The van der Waals surface area contributed by atoms with E-state index in [1.165, 1.54) is 5.56 Å². The molecule has 1 aromatic heterocycles. The van der Waals surface area contributed by atoms with Crippen LogP contribution in [0.1, 0.15) is 30.3 Å². The molecule has 19 heavy (non-hydrogen) atoms. The predicted molar refractivity (Wildman–Crippen MR) is 78.3 cm³/mol. The van der Waals surface area contributed by atoms with Crippen LogP contribution in [0.15, 0.2) is 0 Å². The van der Waals surface area contributed by atoms with Gasteiger partial charge in [0.2, 0.25) is 0 Å². The van der Waals surface area contributed by atoms with Crippen molar-refractivity contribution in [3.05, 3.63) is 17.0 Å². The molecule has 0 aliphatic carbocycles. The number of rotatable bonds is 8. The first-order valence-corrected chi connectivity index (χ1v) is 8.61. The lowest BCUT2D eigenvalue weighted by molar-refractivity contribution is 0.575. The van der Waals surface area contributed by atoms with Crippen molar-refractivity contribution in [2.24, 2.45) is 0 Å². The zero-order valence-electron chi connectivity index (χ0n) is 12.4. The Balaban J connectivity index is 2.75. The van der Waals surface area contributed by atoms with Crippen LogP contribution in [0.2, 0.25) is 0 Å². The topological polar surface area (TPSA) is 64.0 Å². The number of sulfone groups is 1. The number of aromatic nitrogens is 2. The summed E-state index contributed by atoms with van der Waals surface area (Å²) in [6.45, 7) is 7.24. The van der Waals surface area contributed by atoms with Gasteiger partial charge in [0.1, 0.15) is 0 Å². The quantitative estimate of drug-likeness (QED) is 0.777. The van der Waals surface area contributed by atoms with Gasteiger partial charge in [0.25, 0.3) is 0 Å². The summed E-state index contributed by atoms with van der Waals surface area (Å²) in [4.78, 5) is 0. The van der Waals surface area contributed by atoms with Crippen LogP contribution in [0, 0.1) is 13.8 Å². The Morgan fingerprint density at radius 3 is 2.53 bits per heavy atom. The van der Waals surface area contributed by atoms with Gasteiger partial charge in [-0.2, -0.15) is 5.10 Å². The Morgan fingerprint density at radius 2 is 1.95 bits per heavy atom. The third-order valence-corrected chi connectivity index (χ3v) is 5.12. The van der Waals surface area contributed by atoms with Gasteiger partial charge in [0.05, 0.1) is 18.0 Å². The summed E-state index contributed by atoms with van der Waals surface area (Å²) in [5, 5.41) is 7.57. The molecule has 1 heterocycles. The lowest BCUT2D eigenvalue weighted by Gasteiger charge is -2.06. The largest absolute Gasteiger partial charge is 0.319 e. The average molecular weight is 287 g/mol. The molecule has 6 heteroatoms. The normalized spacial score (nSPS) is 12.0. The first kappa shape index (κ1) is 16.2. The molecule has 5 nitrogen and oxygen atoms in total. The van der Waals surface area contributed by atoms with Crippen LogP contribution in [0.25, 0.3) is 0 Å². The Labute approximate surface area is 116 Å². The molecule has 0 aromatic carbocycles. The Bertz CT molecular complexity index is 506. The second-order valence-electron chi connectivity index (χ2n) is 4.88. The van der Waals surface area contributed by atoms with Gasteiger partial charge < -0.3 is 5.32 Å². The molecule has 0 bridgehead atoms. The van der Waals surface area contributed by atoms with Gasteiger partial charge in [-0.25, -0.2) is 8.42 Å². The fraction of sp³-hybridized carbons (Fsp3) is 0.769. The van der Waals surface area contributed by atoms with Crippen molar-refractivity contribution in [3.8, 4) is 0 Å². The van der Waals surface area contributed by atoms with Crippen LogP contribution in [0.4, 0.5) is 0 Å². The minimum absolute atomic E-state index is 0.175. The summed E-state index contributed by atoms with van der Waals surface area (Å²) < 4.78 is 25.3. The molecule has 0 saturated carbocycles. The van der Waals surface area contributed by atoms with Crippen molar-refractivity contribution >= 4 is 9.84 Å². The third kappa shape index (κ3) is 4.62. The van der Waals surface area contributed by atoms with Crippen molar-refractivity contribution in [1.82, 2.24) is 15.1 Å². The van der Waals surface area contributed by atoms with Gasteiger partial charge in [-0.3, -0.25) is 4.68 Å². The molecule has 0 amide bonds. The number of nitrogens with zero attached hydrogens (tertiary/aromatic N) is 2. The highest BCUT2D eigenvalue weighted by Gasteiger charge is 2.14. The van der Waals surface area contributed by atoms with E-state index in [4.69, 9.17) is 0 Å². The van der Waals surface area contributed by atoms with E-state index in [2.05, 4.69) is 10.4 Å². The highest BCUT2D eigenvalue weighted by molar-refractivity contribution is 7.91. The maximum Gasteiger partial charge on any atom is 0.152 e. The van der Waals surface area contributed by atoms with E-state index in [1.54, 1.807) is 0 Å². The molecular weight excluding hydrogens is 262 g/mol. The van der Waals surface area contributed by atoms with Crippen LogP contribution < -0.4 is 5.32 Å². The number of hydrogen-bond acceptors (Lipinski definition) is 4. The Kier molecular flexibility index (Phi) is 6.00. The summed E-state index contributed by atoms with van der Waals surface area (Å²) in [6.07, 6.45) is 1.60. The highest BCUT2D eigenvalue weighted by atomic mass is 32.2. The van der Waals surface area contributed by atoms with E-state index in [0.29, 0.717) is 13.0 Å². The van der Waals surface area contributed by atoms with Crippen LogP contribution >= 0.6 is 0 Å². The summed E-state index contributed by atoms with van der Waals surface area (Å²) in [5.74, 6) is 0.438. The number of hydrogen-bond donors (Lipinski definition) is 1. The average Bonchev–Trinajstić information content (AvgIpc) is 2.60. The molecular formula is C13H25N3O2S. The molecule has 0 aliphatic heterocycles. The molecule has 0 aliphatic rings. The molecule has 0 atom stereocenters. The van der Waals surface area contributed by atoms with Gasteiger partial charge in [0.15, 0.2) is 9.84 Å². The van der Waals surface area contributed by atoms with E-state index in [1.807, 2.05) is 32.5 Å². The fourth-order valence-electron chi connectivity index (χ4n) is 2.20. The fourth-order valence-corrected chi connectivity index (χ4v) is 3.48. The number of aryl methyl sites for hydroxylation is 2. The maximum atomic E-state index is 11.7. The van der Waals surface area contributed by atoms with E-state index in [9.17, 15) is 8.42 Å². The third-order valence-electron chi connectivity index (χ3n) is 3.29. The molecule has 1 N–H and O–H groups in total. The smallest absolute Gasteiger partial charge is 0.152 e. The number of nitrogens with one attached hydrogen (secondary N) is 1. The molecule has 0 fully saturated rings. The van der Waals surface area contributed by atoms with Crippen molar-refractivity contribution < 1.29 is 8.42 Å². The molecule has 0 spiro atoms. The van der Waals surface area contributed by atoms with Gasteiger partial charge in [-0.15, -0.1) is 0 Å². The summed E-state index contributed by atoms with van der Waals surface area (Å²) in [5.41, 5.74) is 3.31. The lowest BCUT2D eigenvalue weighted by atomic mass is 10.1. The molecule has 1 rings (SSSR count). The summed E-state index contributed by atoms with van der Waals surface area (Å²) in [6, 6.07) is 0. The van der Waals surface area contributed by atoms with Gasteiger partial charge in [0, 0.05) is 11.4 Å².